The molecule has 1 unspecified atom stereocenters. The molecule has 0 radical (unpaired) electrons. The number of thiophene rings is 1. The summed E-state index contributed by atoms with van der Waals surface area (Å²) in [4.78, 5) is 41.1. The van der Waals surface area contributed by atoms with Crippen LogP contribution in [0.15, 0.2) is 72.8 Å². The Bertz CT molecular complexity index is 1240. The fraction of sp³-hybridized carbons (Fsp3) is 0.286. The number of methoxy groups -OCH3 is 1. The van der Waals surface area contributed by atoms with E-state index in [-0.39, 0.29) is 11.6 Å². The molecule has 1 aromatic heterocycles. The summed E-state index contributed by atoms with van der Waals surface area (Å²) in [5, 5.41) is 16.6. The lowest BCUT2D eigenvalue weighted by atomic mass is 9.84. The molecule has 0 saturated carbocycles. The van der Waals surface area contributed by atoms with Gasteiger partial charge in [-0.05, 0) is 42.6 Å². The van der Waals surface area contributed by atoms with Gasteiger partial charge >= 0.3 is 6.09 Å². The van der Waals surface area contributed by atoms with Crippen molar-refractivity contribution in [1.29, 1.82) is 5.41 Å². The van der Waals surface area contributed by atoms with E-state index in [0.29, 0.717) is 16.2 Å². The first-order valence-electron chi connectivity index (χ1n) is 12.3. The van der Waals surface area contributed by atoms with E-state index in [1.165, 1.54) is 18.4 Å². The molecule has 0 bridgehead atoms. The summed E-state index contributed by atoms with van der Waals surface area (Å²) in [5.74, 6) is -1.40. The molecule has 1 aliphatic rings. The molecule has 2 amide bonds. The molecule has 3 aromatic rings. The average Bonchev–Trinajstić information content (AvgIpc) is 3.65. The first-order chi connectivity index (χ1) is 18.4. The fourth-order valence-electron chi connectivity index (χ4n) is 4.68. The van der Waals surface area contributed by atoms with Crippen molar-refractivity contribution in [2.24, 2.45) is 5.73 Å². The maximum absolute atomic E-state index is 14.0. The third-order valence-corrected chi connectivity index (χ3v) is 7.73. The van der Waals surface area contributed by atoms with Crippen LogP contribution < -0.4 is 21.7 Å². The normalized spacial score (nSPS) is 16.4. The third-order valence-electron chi connectivity index (χ3n) is 6.54. The number of nitrogen functional groups attached to an aromatic ring is 1. The summed E-state index contributed by atoms with van der Waals surface area (Å²) < 4.78 is 4.86. The van der Waals surface area contributed by atoms with Crippen molar-refractivity contribution in [2.45, 2.75) is 36.9 Å². The second-order valence-corrected chi connectivity index (χ2v) is 10.1. The number of amides is 2. The molecule has 198 valence electrons. The molecule has 4 rings (SSSR count). The van der Waals surface area contributed by atoms with Crippen LogP contribution in [0.3, 0.4) is 0 Å². The molecule has 3 atom stereocenters. The Hall–Kier alpha value is -4.02. The maximum Gasteiger partial charge on any atom is 0.407 e. The second-order valence-electron chi connectivity index (χ2n) is 9.02. The minimum Gasteiger partial charge on any atom is -0.453 e. The predicted molar refractivity (Wildman–Crippen MR) is 146 cm³/mol. The molecular formula is C28H31N5O4S. The Labute approximate surface area is 225 Å². The van der Waals surface area contributed by atoms with Gasteiger partial charge in [-0.25, -0.2) is 4.79 Å². The monoisotopic (exact) mass is 533 g/mol. The Morgan fingerprint density at radius 3 is 2.13 bits per heavy atom. The van der Waals surface area contributed by atoms with E-state index in [9.17, 15) is 14.4 Å². The SMILES string of the molecule is COC(=O)N[C@@H](C(=O)NC(C(=O)[C@@H]1CCCN1)c1ccc(C(=N)N)s1)C(c1ccccc1)c1ccccc1. The number of carbonyl (C=O) groups is 3. The standard InChI is InChI=1S/C28H31N5O4S/c1-37-28(36)33-24(22(17-9-4-2-5-10-17)18-11-6-3-7-12-18)27(35)32-23(25(34)19-13-8-16-31-19)20-14-15-21(38-20)26(29)30/h2-7,9-12,14-15,19,22-24,31H,8,13,16H2,1H3,(H3,29,30)(H,32,35)(H,33,36)/t19-,23?,24+/m0/s1. The minimum absolute atomic E-state index is 0.115. The molecule has 0 spiro atoms. The zero-order chi connectivity index (χ0) is 27.1. The number of Topliss-reactive ketones (excluding diaryl/α,β-unsaturated/α-hetero) is 1. The summed E-state index contributed by atoms with van der Waals surface area (Å²) >= 11 is 1.18. The van der Waals surface area contributed by atoms with E-state index >= 15 is 0 Å². The number of alkyl carbamates (subject to hydrolysis) is 1. The van der Waals surface area contributed by atoms with Gasteiger partial charge in [0.1, 0.15) is 17.9 Å². The van der Waals surface area contributed by atoms with Crippen LogP contribution in [-0.2, 0) is 14.3 Å². The highest BCUT2D eigenvalue weighted by Gasteiger charge is 2.38. The summed E-state index contributed by atoms with van der Waals surface area (Å²) in [5.41, 5.74) is 7.28. The predicted octanol–water partition coefficient (Wildman–Crippen LogP) is 3.07. The fourth-order valence-corrected chi connectivity index (χ4v) is 5.61. The van der Waals surface area contributed by atoms with Gasteiger partial charge in [-0.3, -0.25) is 15.0 Å². The Kier molecular flexibility index (Phi) is 8.88. The van der Waals surface area contributed by atoms with Crippen LogP contribution in [0.5, 0.6) is 0 Å². The van der Waals surface area contributed by atoms with Crippen molar-refractivity contribution >= 4 is 35.0 Å². The molecule has 1 saturated heterocycles. The van der Waals surface area contributed by atoms with E-state index in [1.54, 1.807) is 12.1 Å². The van der Waals surface area contributed by atoms with E-state index in [2.05, 4.69) is 16.0 Å². The third kappa shape index (κ3) is 6.27. The minimum atomic E-state index is -1.09. The van der Waals surface area contributed by atoms with Crippen molar-refractivity contribution < 1.29 is 19.1 Å². The summed E-state index contributed by atoms with van der Waals surface area (Å²) in [6, 6.07) is 19.7. The molecule has 38 heavy (non-hydrogen) atoms. The zero-order valence-corrected chi connectivity index (χ0v) is 21.8. The van der Waals surface area contributed by atoms with E-state index in [1.807, 2.05) is 60.7 Å². The van der Waals surface area contributed by atoms with E-state index in [4.69, 9.17) is 15.9 Å². The topological polar surface area (TPSA) is 146 Å². The molecule has 6 N–H and O–H groups in total. The van der Waals surface area contributed by atoms with Crippen molar-refractivity contribution in [1.82, 2.24) is 16.0 Å². The van der Waals surface area contributed by atoms with Crippen LogP contribution in [0.2, 0.25) is 0 Å². The first-order valence-corrected chi connectivity index (χ1v) is 13.2. The number of carbonyl (C=O) groups excluding carboxylic acids is 3. The van der Waals surface area contributed by atoms with Gasteiger partial charge < -0.3 is 26.4 Å². The highest BCUT2D eigenvalue weighted by atomic mass is 32.1. The van der Waals surface area contributed by atoms with Crippen LogP contribution in [0, 0.1) is 5.41 Å². The Morgan fingerprint density at radius 1 is 1.00 bits per heavy atom. The van der Waals surface area contributed by atoms with Crippen molar-refractivity contribution in [3.8, 4) is 0 Å². The molecule has 0 aliphatic carbocycles. The number of nitrogens with one attached hydrogen (secondary N) is 4. The van der Waals surface area contributed by atoms with Gasteiger partial charge in [0.25, 0.3) is 0 Å². The number of ether oxygens (including phenoxy) is 1. The van der Waals surface area contributed by atoms with Gasteiger partial charge in [0.05, 0.1) is 18.0 Å². The van der Waals surface area contributed by atoms with Crippen LogP contribution in [0.4, 0.5) is 4.79 Å². The zero-order valence-electron chi connectivity index (χ0n) is 21.0. The lowest BCUT2D eigenvalue weighted by Gasteiger charge is -2.29. The van der Waals surface area contributed by atoms with Gasteiger partial charge in [0.15, 0.2) is 5.78 Å². The molecule has 1 fully saturated rings. The summed E-state index contributed by atoms with van der Waals surface area (Å²) in [6.07, 6.45) is 0.755. The van der Waals surface area contributed by atoms with E-state index in [0.717, 1.165) is 24.1 Å². The van der Waals surface area contributed by atoms with Gasteiger partial charge in [0.2, 0.25) is 5.91 Å². The quantitative estimate of drug-likeness (QED) is 0.200. The largest absolute Gasteiger partial charge is 0.453 e. The summed E-state index contributed by atoms with van der Waals surface area (Å²) in [7, 11) is 1.23. The molecule has 9 nitrogen and oxygen atoms in total. The molecular weight excluding hydrogens is 502 g/mol. The highest BCUT2D eigenvalue weighted by molar-refractivity contribution is 7.14. The Morgan fingerprint density at radius 2 is 1.63 bits per heavy atom. The number of hydrogen-bond acceptors (Lipinski definition) is 7. The number of hydrogen-bond donors (Lipinski definition) is 5. The molecule has 1 aliphatic heterocycles. The maximum atomic E-state index is 14.0. The Balaban J connectivity index is 1.73. The van der Waals surface area contributed by atoms with Gasteiger partial charge in [-0.2, -0.15) is 0 Å². The molecule has 10 heteroatoms. The van der Waals surface area contributed by atoms with Gasteiger partial charge in [-0.15, -0.1) is 11.3 Å². The van der Waals surface area contributed by atoms with Crippen LogP contribution in [-0.4, -0.2) is 49.4 Å². The lowest BCUT2D eigenvalue weighted by molar-refractivity contribution is -0.130. The summed E-state index contributed by atoms with van der Waals surface area (Å²) in [6.45, 7) is 0.719. The van der Waals surface area contributed by atoms with Crippen LogP contribution in [0.1, 0.15) is 45.7 Å². The second kappa shape index (κ2) is 12.5. The van der Waals surface area contributed by atoms with Crippen molar-refractivity contribution in [3.63, 3.8) is 0 Å². The first kappa shape index (κ1) is 27.0. The smallest absolute Gasteiger partial charge is 0.407 e. The number of ketones is 1. The number of rotatable bonds is 10. The average molecular weight is 534 g/mol. The highest BCUT2D eigenvalue weighted by Crippen LogP contribution is 2.31. The number of amidine groups is 1. The van der Waals surface area contributed by atoms with Gasteiger partial charge in [-0.1, -0.05) is 60.7 Å². The van der Waals surface area contributed by atoms with E-state index < -0.39 is 36.0 Å². The number of benzene rings is 2. The van der Waals surface area contributed by atoms with Gasteiger partial charge in [0, 0.05) is 10.8 Å². The van der Waals surface area contributed by atoms with Crippen LogP contribution >= 0.6 is 11.3 Å². The van der Waals surface area contributed by atoms with Crippen LogP contribution in [0.25, 0.3) is 0 Å². The van der Waals surface area contributed by atoms with Crippen molar-refractivity contribution in [2.75, 3.05) is 13.7 Å². The van der Waals surface area contributed by atoms with Crippen molar-refractivity contribution in [3.05, 3.63) is 93.7 Å². The lowest BCUT2D eigenvalue weighted by Crippen LogP contribution is -2.53. The number of nitrogens with two attached hydrogens (primary N) is 1. The molecule has 2 heterocycles. The molecule has 2 aromatic carbocycles.